The van der Waals surface area contributed by atoms with Gasteiger partial charge in [0, 0.05) is 17.7 Å². The van der Waals surface area contributed by atoms with E-state index >= 15 is 0 Å². The molecule has 0 radical (unpaired) electrons. The Bertz CT molecular complexity index is 520. The summed E-state index contributed by atoms with van der Waals surface area (Å²) in [6.45, 7) is 2.72. The minimum Gasteiger partial charge on any atom is -0.493 e. The highest BCUT2D eigenvalue weighted by Crippen LogP contribution is 2.32. The summed E-state index contributed by atoms with van der Waals surface area (Å²) in [7, 11) is 0. The van der Waals surface area contributed by atoms with Gasteiger partial charge in [-0.1, -0.05) is 6.07 Å². The molecule has 1 saturated heterocycles. The van der Waals surface area contributed by atoms with Gasteiger partial charge in [-0.05, 0) is 56.0 Å². The van der Waals surface area contributed by atoms with Crippen molar-refractivity contribution >= 4 is 11.9 Å². The van der Waals surface area contributed by atoms with Crippen LogP contribution in [0.2, 0.25) is 0 Å². The van der Waals surface area contributed by atoms with Gasteiger partial charge in [0.25, 0.3) is 0 Å². The summed E-state index contributed by atoms with van der Waals surface area (Å²) in [6, 6.07) is 6.27. The summed E-state index contributed by atoms with van der Waals surface area (Å²) < 4.78 is 5.74. The standard InChI is InChI=1S/C16H21N3O/c17-10-13-5-8-20-15-2-1-12(9-14(15)16(13)18)11-3-6-19-7-4-11/h1-2,9-11,13,17-19H,3-8H2. The van der Waals surface area contributed by atoms with E-state index in [-0.39, 0.29) is 5.92 Å². The Kier molecular flexibility index (Phi) is 3.83. The molecule has 0 spiro atoms. The van der Waals surface area contributed by atoms with Crippen LogP contribution in [-0.2, 0) is 0 Å². The lowest BCUT2D eigenvalue weighted by Gasteiger charge is -2.24. The SMILES string of the molecule is N=CC1CCOc2ccc(C3CCNCC3)cc2C1=N. The first-order chi connectivity index (χ1) is 9.79. The predicted molar refractivity (Wildman–Crippen MR) is 80.5 cm³/mol. The number of ether oxygens (including phenoxy) is 1. The number of rotatable bonds is 2. The van der Waals surface area contributed by atoms with Crippen molar-refractivity contribution in [2.24, 2.45) is 5.92 Å². The molecule has 4 nitrogen and oxygen atoms in total. The van der Waals surface area contributed by atoms with Crippen LogP contribution in [0.25, 0.3) is 0 Å². The van der Waals surface area contributed by atoms with Crippen molar-refractivity contribution in [1.82, 2.24) is 5.32 Å². The van der Waals surface area contributed by atoms with E-state index in [1.807, 2.05) is 6.07 Å². The van der Waals surface area contributed by atoms with Crippen LogP contribution in [0.15, 0.2) is 18.2 Å². The Morgan fingerprint density at radius 1 is 1.20 bits per heavy atom. The lowest BCUT2D eigenvalue weighted by atomic mass is 9.87. The molecule has 20 heavy (non-hydrogen) atoms. The van der Waals surface area contributed by atoms with Gasteiger partial charge in [0.2, 0.25) is 0 Å². The number of fused-ring (bicyclic) bond motifs is 1. The van der Waals surface area contributed by atoms with Crippen molar-refractivity contribution in [3.63, 3.8) is 0 Å². The van der Waals surface area contributed by atoms with Crippen molar-refractivity contribution in [2.45, 2.75) is 25.2 Å². The molecule has 2 heterocycles. The molecule has 1 fully saturated rings. The molecule has 1 atom stereocenters. The van der Waals surface area contributed by atoms with Crippen LogP contribution in [0, 0.1) is 16.7 Å². The molecule has 2 aliphatic rings. The summed E-state index contributed by atoms with van der Waals surface area (Å²) in [5.74, 6) is 1.27. The first kappa shape index (κ1) is 13.3. The van der Waals surface area contributed by atoms with E-state index in [4.69, 9.17) is 15.6 Å². The number of nitrogens with one attached hydrogen (secondary N) is 3. The summed E-state index contributed by atoms with van der Waals surface area (Å²) in [4.78, 5) is 0. The highest BCUT2D eigenvalue weighted by atomic mass is 16.5. The summed E-state index contributed by atoms with van der Waals surface area (Å²) >= 11 is 0. The molecule has 0 amide bonds. The van der Waals surface area contributed by atoms with Gasteiger partial charge in [-0.3, -0.25) is 0 Å². The van der Waals surface area contributed by atoms with Gasteiger partial charge in [0.1, 0.15) is 5.75 Å². The first-order valence-electron chi connectivity index (χ1n) is 7.36. The van der Waals surface area contributed by atoms with Crippen LogP contribution in [0.4, 0.5) is 0 Å². The van der Waals surface area contributed by atoms with Crippen molar-refractivity contribution in [3.8, 4) is 5.75 Å². The normalized spacial score (nSPS) is 23.6. The predicted octanol–water partition coefficient (Wildman–Crippen LogP) is 2.57. The molecular formula is C16H21N3O. The van der Waals surface area contributed by atoms with Crippen LogP contribution in [0.1, 0.15) is 36.3 Å². The van der Waals surface area contributed by atoms with E-state index in [0.717, 1.165) is 43.7 Å². The average molecular weight is 271 g/mol. The second-order valence-corrected chi connectivity index (χ2v) is 5.60. The molecular weight excluding hydrogens is 250 g/mol. The van der Waals surface area contributed by atoms with Gasteiger partial charge in [-0.15, -0.1) is 0 Å². The highest BCUT2D eigenvalue weighted by Gasteiger charge is 2.24. The molecule has 1 unspecified atom stereocenters. The Labute approximate surface area is 119 Å². The molecule has 3 N–H and O–H groups in total. The van der Waals surface area contributed by atoms with Gasteiger partial charge < -0.3 is 20.9 Å². The third-order valence-electron chi connectivity index (χ3n) is 4.36. The number of hydrogen-bond donors (Lipinski definition) is 3. The fourth-order valence-corrected chi connectivity index (χ4v) is 3.10. The van der Waals surface area contributed by atoms with Gasteiger partial charge >= 0.3 is 0 Å². The van der Waals surface area contributed by atoms with E-state index in [1.54, 1.807) is 0 Å². The molecule has 2 aliphatic heterocycles. The number of piperidine rings is 1. The van der Waals surface area contributed by atoms with Crippen molar-refractivity contribution in [3.05, 3.63) is 29.3 Å². The maximum atomic E-state index is 8.33. The smallest absolute Gasteiger partial charge is 0.128 e. The van der Waals surface area contributed by atoms with Gasteiger partial charge in [0.05, 0.1) is 12.3 Å². The third kappa shape index (κ3) is 2.48. The van der Waals surface area contributed by atoms with E-state index in [9.17, 15) is 0 Å². The molecule has 1 aromatic carbocycles. The summed E-state index contributed by atoms with van der Waals surface area (Å²) in [6.07, 6.45) is 4.40. The van der Waals surface area contributed by atoms with Gasteiger partial charge in [-0.2, -0.15) is 0 Å². The number of hydrogen-bond acceptors (Lipinski definition) is 4. The molecule has 106 valence electrons. The van der Waals surface area contributed by atoms with E-state index in [0.29, 0.717) is 18.2 Å². The maximum absolute atomic E-state index is 8.33. The Morgan fingerprint density at radius 3 is 2.75 bits per heavy atom. The first-order valence-corrected chi connectivity index (χ1v) is 7.36. The quantitative estimate of drug-likeness (QED) is 0.724. The zero-order valence-electron chi connectivity index (χ0n) is 11.6. The van der Waals surface area contributed by atoms with Crippen molar-refractivity contribution in [2.75, 3.05) is 19.7 Å². The number of benzene rings is 1. The summed E-state index contributed by atoms with van der Waals surface area (Å²) in [5.41, 5.74) is 2.72. The van der Waals surface area contributed by atoms with Crippen LogP contribution in [0.3, 0.4) is 0 Å². The monoisotopic (exact) mass is 271 g/mol. The largest absolute Gasteiger partial charge is 0.493 e. The van der Waals surface area contributed by atoms with E-state index in [2.05, 4.69) is 17.4 Å². The minimum atomic E-state index is -0.112. The van der Waals surface area contributed by atoms with Crippen LogP contribution in [-0.4, -0.2) is 31.6 Å². The highest BCUT2D eigenvalue weighted by molar-refractivity contribution is 6.09. The summed E-state index contributed by atoms with van der Waals surface area (Å²) in [5, 5.41) is 19.2. The fourth-order valence-electron chi connectivity index (χ4n) is 3.10. The van der Waals surface area contributed by atoms with Crippen LogP contribution < -0.4 is 10.1 Å². The van der Waals surface area contributed by atoms with Crippen molar-refractivity contribution in [1.29, 1.82) is 10.8 Å². The third-order valence-corrected chi connectivity index (χ3v) is 4.36. The van der Waals surface area contributed by atoms with E-state index in [1.165, 1.54) is 11.8 Å². The van der Waals surface area contributed by atoms with E-state index < -0.39 is 0 Å². The van der Waals surface area contributed by atoms with Crippen molar-refractivity contribution < 1.29 is 4.74 Å². The average Bonchev–Trinajstić information content (AvgIpc) is 2.67. The Morgan fingerprint density at radius 2 is 2.00 bits per heavy atom. The zero-order valence-corrected chi connectivity index (χ0v) is 11.6. The molecule has 1 aromatic rings. The second kappa shape index (κ2) is 5.75. The zero-order chi connectivity index (χ0) is 13.9. The lowest BCUT2D eigenvalue weighted by molar-refractivity contribution is 0.312. The van der Waals surface area contributed by atoms with Gasteiger partial charge in [0.15, 0.2) is 0 Å². The topological polar surface area (TPSA) is 69.0 Å². The lowest BCUT2D eigenvalue weighted by Crippen LogP contribution is -2.26. The van der Waals surface area contributed by atoms with Crippen LogP contribution >= 0.6 is 0 Å². The van der Waals surface area contributed by atoms with Crippen LogP contribution in [0.5, 0.6) is 5.75 Å². The molecule has 3 rings (SSSR count). The maximum Gasteiger partial charge on any atom is 0.128 e. The Hall–Kier alpha value is -1.68. The van der Waals surface area contributed by atoms with Gasteiger partial charge in [-0.25, -0.2) is 0 Å². The molecule has 4 heteroatoms. The molecule has 0 bridgehead atoms. The minimum absolute atomic E-state index is 0.112. The molecule has 0 aromatic heterocycles. The second-order valence-electron chi connectivity index (χ2n) is 5.60. The Balaban J connectivity index is 1.93. The molecule has 0 aliphatic carbocycles. The molecule has 0 saturated carbocycles. The fraction of sp³-hybridized carbons (Fsp3) is 0.500.